The van der Waals surface area contributed by atoms with Gasteiger partial charge in [0.05, 0.1) is 6.54 Å². The van der Waals surface area contributed by atoms with Crippen LogP contribution >= 0.6 is 0 Å². The summed E-state index contributed by atoms with van der Waals surface area (Å²) < 4.78 is 4.73. The molecule has 25 heavy (non-hydrogen) atoms. The Kier molecular flexibility index (Phi) is 6.22. The second-order valence-corrected chi connectivity index (χ2v) is 7.92. The predicted molar refractivity (Wildman–Crippen MR) is 100 cm³/mol. The van der Waals surface area contributed by atoms with Crippen molar-refractivity contribution in [2.75, 3.05) is 23.7 Å². The third kappa shape index (κ3) is 4.03. The van der Waals surface area contributed by atoms with E-state index in [2.05, 4.69) is 75.9 Å². The molecule has 1 aromatic carbocycles. The zero-order valence-corrected chi connectivity index (χ0v) is 17.1. The number of nitrogens with zero attached hydrogens (tertiary/aromatic N) is 3. The van der Waals surface area contributed by atoms with Crippen molar-refractivity contribution in [1.82, 2.24) is 4.57 Å². The van der Waals surface area contributed by atoms with Gasteiger partial charge < -0.3 is 23.0 Å². The van der Waals surface area contributed by atoms with Gasteiger partial charge >= 0.3 is 0 Å². The Balaban J connectivity index is 0.00000225. The van der Waals surface area contributed by atoms with Crippen molar-refractivity contribution in [2.24, 2.45) is 5.92 Å². The minimum absolute atomic E-state index is 0. The molecule has 4 nitrogen and oxygen atoms in total. The Morgan fingerprint density at radius 3 is 2.64 bits per heavy atom. The molecule has 0 bridgehead atoms. The number of benzene rings is 1. The maximum absolute atomic E-state index is 5.79. The van der Waals surface area contributed by atoms with Crippen molar-refractivity contribution in [1.29, 1.82) is 0 Å². The zero-order valence-electron chi connectivity index (χ0n) is 15.3. The third-order valence-electron chi connectivity index (χ3n) is 5.68. The molecule has 2 atom stereocenters. The first-order valence-corrected chi connectivity index (χ1v) is 9.47. The van der Waals surface area contributed by atoms with Crippen LogP contribution in [0.5, 0.6) is 0 Å². The van der Waals surface area contributed by atoms with Crippen molar-refractivity contribution in [3.05, 3.63) is 43.0 Å². The summed E-state index contributed by atoms with van der Waals surface area (Å²) >= 11 is 0. The van der Waals surface area contributed by atoms with Gasteiger partial charge in [-0.1, -0.05) is 13.0 Å². The molecule has 3 radical (unpaired) electrons. The van der Waals surface area contributed by atoms with Gasteiger partial charge in [-0.25, -0.2) is 9.13 Å². The summed E-state index contributed by atoms with van der Waals surface area (Å²) in [6.45, 7) is 9.03. The molecule has 1 aromatic heterocycles. The number of imidazole rings is 1. The molecule has 1 aliphatic heterocycles. The second-order valence-electron chi connectivity index (χ2n) is 7.51. The van der Waals surface area contributed by atoms with Gasteiger partial charge in [0.15, 0.2) is 0 Å². The largest absolute Gasteiger partial charge is 1.00 e. The fourth-order valence-corrected chi connectivity index (χ4v) is 3.83. The van der Waals surface area contributed by atoms with Crippen LogP contribution in [0.3, 0.4) is 0 Å². The average molecular weight is 376 g/mol. The molecule has 6 heteroatoms. The number of nitrogens with two attached hydrogens (primary N) is 1. The Morgan fingerprint density at radius 1 is 1.32 bits per heavy atom. The van der Waals surface area contributed by atoms with Crippen molar-refractivity contribution >= 4 is 21.6 Å². The van der Waals surface area contributed by atoms with Crippen LogP contribution < -0.4 is 27.6 Å². The van der Waals surface area contributed by atoms with Crippen LogP contribution in [-0.4, -0.2) is 27.9 Å². The highest BCUT2D eigenvalue weighted by atomic mass is 35.5. The monoisotopic (exact) mass is 375 g/mol. The van der Waals surface area contributed by atoms with Gasteiger partial charge in [0.2, 0.25) is 6.33 Å². The fourth-order valence-electron chi connectivity index (χ4n) is 3.34. The molecule has 2 unspecified atom stereocenters. The van der Waals surface area contributed by atoms with Crippen molar-refractivity contribution < 1.29 is 17.0 Å². The summed E-state index contributed by atoms with van der Waals surface area (Å²) in [6, 6.07) is 9.73. The van der Waals surface area contributed by atoms with Gasteiger partial charge in [-0.3, -0.25) is 0 Å². The predicted octanol–water partition coefficient (Wildman–Crippen LogP) is -0.229. The topological polar surface area (TPSA) is 38.1 Å². The van der Waals surface area contributed by atoms with Crippen LogP contribution in [0.15, 0.2) is 43.0 Å². The van der Waals surface area contributed by atoms with E-state index < -0.39 is 0 Å². The molecule has 2 N–H and O–H groups in total. The van der Waals surface area contributed by atoms with Crippen LogP contribution in [0, 0.1) is 5.92 Å². The molecular weight excluding hydrogens is 348 g/mol. The normalized spacial score (nSPS) is 18.9. The van der Waals surface area contributed by atoms with E-state index in [1.807, 2.05) is 12.1 Å². The number of rotatable bonds is 5. The third-order valence-corrected chi connectivity index (χ3v) is 6.29. The highest BCUT2D eigenvalue weighted by Crippen LogP contribution is 2.28. The van der Waals surface area contributed by atoms with Crippen LogP contribution in [0.2, 0.25) is 6.04 Å². The number of nitrogen functional groups attached to an aromatic ring is 1. The number of halogens is 1. The zero-order chi connectivity index (χ0) is 17.3. The van der Waals surface area contributed by atoms with Crippen LogP contribution in [0.1, 0.15) is 33.2 Å². The van der Waals surface area contributed by atoms with Gasteiger partial charge in [0.25, 0.3) is 0 Å². The van der Waals surface area contributed by atoms with Crippen molar-refractivity contribution in [3.8, 4) is 0 Å². The Bertz CT molecular complexity index is 683. The average Bonchev–Trinajstić information content (AvgIpc) is 3.23. The maximum Gasteiger partial charge on any atom is 0.244 e. The molecule has 1 aliphatic rings. The highest BCUT2D eigenvalue weighted by molar-refractivity contribution is 6.08. The molecular formula is C19H28ClN4Si. The van der Waals surface area contributed by atoms with E-state index in [-0.39, 0.29) is 17.9 Å². The summed E-state index contributed by atoms with van der Waals surface area (Å²) in [6.07, 6.45) is 7.88. The quantitative estimate of drug-likeness (QED) is 0.445. The lowest BCUT2D eigenvalue weighted by Crippen LogP contribution is -3.00. The lowest BCUT2D eigenvalue weighted by molar-refractivity contribution is -0.718. The van der Waals surface area contributed by atoms with Gasteiger partial charge in [0.1, 0.15) is 24.0 Å². The lowest BCUT2D eigenvalue weighted by atomic mass is 9.90. The van der Waals surface area contributed by atoms with Gasteiger partial charge in [-0.2, -0.15) is 0 Å². The number of hydrogen-bond acceptors (Lipinski definition) is 2. The molecule has 1 saturated heterocycles. The molecule has 2 aromatic rings. The van der Waals surface area contributed by atoms with E-state index in [0.29, 0.717) is 12.0 Å². The van der Waals surface area contributed by atoms with Gasteiger partial charge in [-0.05, 0) is 44.0 Å². The molecule has 0 saturated carbocycles. The van der Waals surface area contributed by atoms with Crippen LogP contribution in [0.4, 0.5) is 11.4 Å². The van der Waals surface area contributed by atoms with Crippen molar-refractivity contribution in [3.63, 3.8) is 0 Å². The number of aromatic nitrogens is 2. The van der Waals surface area contributed by atoms with Gasteiger partial charge in [0, 0.05) is 34.6 Å². The minimum Gasteiger partial charge on any atom is -1.00 e. The SMILES string of the molecule is CC(C[Si])C(C)(C)n1cc[n+](C2CCN(c3ccc(N)cc3)C2)c1.[Cl-]. The van der Waals surface area contributed by atoms with E-state index in [4.69, 9.17) is 5.73 Å². The Morgan fingerprint density at radius 2 is 2.00 bits per heavy atom. The second kappa shape index (κ2) is 7.83. The summed E-state index contributed by atoms with van der Waals surface area (Å²) in [5.41, 5.74) is 7.98. The van der Waals surface area contributed by atoms with E-state index in [1.165, 1.54) is 12.1 Å². The van der Waals surface area contributed by atoms with E-state index in [9.17, 15) is 0 Å². The van der Waals surface area contributed by atoms with Gasteiger partial charge in [-0.15, -0.1) is 0 Å². The first-order chi connectivity index (χ1) is 11.4. The van der Waals surface area contributed by atoms with E-state index in [1.54, 1.807) is 0 Å². The first-order valence-electron chi connectivity index (χ1n) is 8.76. The molecule has 3 rings (SSSR count). The lowest BCUT2D eigenvalue weighted by Gasteiger charge is -2.27. The molecule has 0 aliphatic carbocycles. The highest BCUT2D eigenvalue weighted by Gasteiger charge is 2.33. The van der Waals surface area contributed by atoms with E-state index in [0.717, 1.165) is 24.8 Å². The molecule has 0 spiro atoms. The molecule has 0 amide bonds. The summed E-state index contributed by atoms with van der Waals surface area (Å²) in [7, 11) is 3.67. The summed E-state index contributed by atoms with van der Waals surface area (Å²) in [5, 5.41) is 0. The summed E-state index contributed by atoms with van der Waals surface area (Å²) in [4.78, 5) is 2.44. The van der Waals surface area contributed by atoms with E-state index >= 15 is 0 Å². The Hall–Kier alpha value is -1.46. The first kappa shape index (κ1) is 19.9. The smallest absolute Gasteiger partial charge is 0.244 e. The Labute approximate surface area is 160 Å². The number of hydrogen-bond donors (Lipinski definition) is 1. The standard InChI is InChI=1S/C19H28N4Si.ClH/c1-15(13-24)19(2,3)23-11-10-22(14-23)18-8-9-21(12-18)17-6-4-16(20)5-7-17;/h4-7,10-11,14-15,18H,8-9,12-13,20H2,1-3H3;1H/q+1;/p-1. The molecule has 2 heterocycles. The fraction of sp³-hybridized carbons (Fsp3) is 0.526. The van der Waals surface area contributed by atoms with Crippen molar-refractivity contribution in [2.45, 2.75) is 44.8 Å². The summed E-state index contributed by atoms with van der Waals surface area (Å²) in [5.74, 6) is 0.560. The molecule has 135 valence electrons. The minimum atomic E-state index is 0. The maximum atomic E-state index is 5.79. The molecule has 1 fully saturated rings. The van der Waals surface area contributed by atoms with Crippen LogP contribution in [-0.2, 0) is 5.54 Å². The van der Waals surface area contributed by atoms with Crippen LogP contribution in [0.25, 0.3) is 0 Å². The number of anilines is 2.